The number of alkyl halides is 3. The van der Waals surface area contributed by atoms with E-state index in [1.54, 1.807) is 36.4 Å². The number of fused-ring (bicyclic) bond motifs is 1. The van der Waals surface area contributed by atoms with E-state index in [9.17, 15) is 27.6 Å². The molecule has 0 saturated carbocycles. The average molecular weight is 564 g/mol. The topological polar surface area (TPSA) is 85.6 Å². The maximum Gasteiger partial charge on any atom is 0.418 e. The first-order valence-electron chi connectivity index (χ1n) is 11.1. The number of rotatable bonds is 6. The quantitative estimate of drug-likeness (QED) is 0.201. The van der Waals surface area contributed by atoms with E-state index in [1.807, 2.05) is 0 Å². The molecule has 0 spiro atoms. The number of benzene rings is 3. The van der Waals surface area contributed by atoms with Crippen LogP contribution in [0.2, 0.25) is 10.0 Å². The number of halogens is 5. The minimum atomic E-state index is -4.78. The van der Waals surface area contributed by atoms with Crippen molar-refractivity contribution < 1.29 is 31.9 Å². The molecule has 196 valence electrons. The zero-order chi connectivity index (χ0) is 27.6. The number of amides is 1. The minimum Gasteiger partial charge on any atom is -0.461 e. The Labute approximate surface area is 223 Å². The third-order valence-corrected chi connectivity index (χ3v) is 6.15. The molecule has 3 aromatic carbocycles. The third-order valence-electron chi connectivity index (χ3n) is 5.56. The SMILES string of the molecule is CC(=O)OCc1cc2c(-c3ccccc3)c(CC(=O)Nc3ccc(Cl)cc3C(F)(F)F)c(=O)oc2cc1Cl. The van der Waals surface area contributed by atoms with Crippen LogP contribution in [0, 0.1) is 0 Å². The smallest absolute Gasteiger partial charge is 0.418 e. The lowest BCUT2D eigenvalue weighted by atomic mass is 9.94. The van der Waals surface area contributed by atoms with Crippen LogP contribution in [0.4, 0.5) is 18.9 Å². The molecule has 0 fully saturated rings. The summed E-state index contributed by atoms with van der Waals surface area (Å²) in [5, 5.41) is 2.66. The Kier molecular flexibility index (Phi) is 7.80. The number of ether oxygens (including phenoxy) is 1. The molecule has 11 heteroatoms. The number of anilines is 1. The summed E-state index contributed by atoms with van der Waals surface area (Å²) in [5.41, 5.74) is -1.15. The molecule has 1 amide bonds. The van der Waals surface area contributed by atoms with Gasteiger partial charge in [-0.25, -0.2) is 4.79 Å². The Morgan fingerprint density at radius 1 is 1.03 bits per heavy atom. The van der Waals surface area contributed by atoms with Crippen LogP contribution in [-0.4, -0.2) is 11.9 Å². The highest BCUT2D eigenvalue weighted by atomic mass is 35.5. The molecule has 1 aromatic heterocycles. The maximum absolute atomic E-state index is 13.5. The van der Waals surface area contributed by atoms with Crippen molar-refractivity contribution in [3.05, 3.63) is 97.8 Å². The number of nitrogens with one attached hydrogen (secondary N) is 1. The molecule has 0 radical (unpaired) electrons. The molecule has 1 heterocycles. The van der Waals surface area contributed by atoms with Gasteiger partial charge in [-0.2, -0.15) is 13.2 Å². The molecule has 1 N–H and O–H groups in total. The largest absolute Gasteiger partial charge is 0.461 e. The summed E-state index contributed by atoms with van der Waals surface area (Å²) in [4.78, 5) is 37.3. The molecule has 4 aromatic rings. The summed E-state index contributed by atoms with van der Waals surface area (Å²) in [7, 11) is 0. The summed E-state index contributed by atoms with van der Waals surface area (Å²) in [6.07, 6.45) is -5.37. The van der Waals surface area contributed by atoms with E-state index in [-0.39, 0.29) is 27.8 Å². The van der Waals surface area contributed by atoms with Gasteiger partial charge in [0.25, 0.3) is 0 Å². The molecule has 0 aliphatic carbocycles. The van der Waals surface area contributed by atoms with Gasteiger partial charge in [0.1, 0.15) is 12.2 Å². The fraction of sp³-hybridized carbons (Fsp3) is 0.148. The maximum atomic E-state index is 13.5. The number of hydrogen-bond acceptors (Lipinski definition) is 5. The van der Waals surface area contributed by atoms with E-state index in [2.05, 4.69) is 5.32 Å². The Bertz CT molecular complexity index is 1600. The monoisotopic (exact) mass is 563 g/mol. The molecule has 0 bridgehead atoms. The molecular formula is C27H18Cl2F3NO5. The van der Waals surface area contributed by atoms with Gasteiger partial charge in [-0.3, -0.25) is 9.59 Å². The molecular weight excluding hydrogens is 546 g/mol. The van der Waals surface area contributed by atoms with Crippen LogP contribution in [0.3, 0.4) is 0 Å². The summed E-state index contributed by atoms with van der Waals surface area (Å²) in [6, 6.07) is 14.5. The fourth-order valence-electron chi connectivity index (χ4n) is 3.91. The van der Waals surface area contributed by atoms with Crippen molar-refractivity contribution in [1.82, 2.24) is 0 Å². The Morgan fingerprint density at radius 3 is 2.39 bits per heavy atom. The highest BCUT2D eigenvalue weighted by molar-refractivity contribution is 6.32. The number of carbonyl (C=O) groups excluding carboxylic acids is 2. The van der Waals surface area contributed by atoms with Crippen LogP contribution >= 0.6 is 23.2 Å². The van der Waals surface area contributed by atoms with Crippen LogP contribution in [0.15, 0.2) is 69.9 Å². The van der Waals surface area contributed by atoms with Crippen LogP contribution < -0.4 is 10.9 Å². The Hall–Kier alpha value is -3.82. The van der Waals surface area contributed by atoms with Crippen LogP contribution in [0.1, 0.15) is 23.6 Å². The number of hydrogen-bond donors (Lipinski definition) is 1. The lowest BCUT2D eigenvalue weighted by Crippen LogP contribution is -2.22. The third kappa shape index (κ3) is 6.00. The highest BCUT2D eigenvalue weighted by Crippen LogP contribution is 2.37. The highest BCUT2D eigenvalue weighted by Gasteiger charge is 2.34. The predicted molar refractivity (Wildman–Crippen MR) is 137 cm³/mol. The summed E-state index contributed by atoms with van der Waals surface area (Å²) in [6.45, 7) is 1.09. The van der Waals surface area contributed by atoms with Gasteiger partial charge in [0.15, 0.2) is 0 Å². The van der Waals surface area contributed by atoms with Gasteiger partial charge in [0.05, 0.1) is 28.3 Å². The second kappa shape index (κ2) is 10.9. The van der Waals surface area contributed by atoms with Gasteiger partial charge < -0.3 is 14.5 Å². The van der Waals surface area contributed by atoms with E-state index in [0.29, 0.717) is 28.1 Å². The molecule has 6 nitrogen and oxygen atoms in total. The first-order chi connectivity index (χ1) is 17.9. The van der Waals surface area contributed by atoms with Crippen LogP contribution in [-0.2, 0) is 33.5 Å². The van der Waals surface area contributed by atoms with E-state index in [0.717, 1.165) is 6.07 Å². The lowest BCUT2D eigenvalue weighted by molar-refractivity contribution is -0.142. The van der Waals surface area contributed by atoms with Crippen molar-refractivity contribution in [1.29, 1.82) is 0 Å². The second-order valence-corrected chi connectivity index (χ2v) is 9.09. The first kappa shape index (κ1) is 27.2. The van der Waals surface area contributed by atoms with Gasteiger partial charge in [0, 0.05) is 34.5 Å². The Balaban J connectivity index is 1.82. The number of carbonyl (C=O) groups is 2. The summed E-state index contributed by atoms with van der Waals surface area (Å²) < 4.78 is 51.0. The summed E-state index contributed by atoms with van der Waals surface area (Å²) >= 11 is 12.0. The zero-order valence-electron chi connectivity index (χ0n) is 19.6. The number of esters is 1. The van der Waals surface area contributed by atoms with Crippen molar-refractivity contribution in [3.63, 3.8) is 0 Å². The summed E-state index contributed by atoms with van der Waals surface area (Å²) in [5.74, 6) is -1.41. The van der Waals surface area contributed by atoms with Crippen molar-refractivity contribution >= 4 is 51.7 Å². The molecule has 0 atom stereocenters. The van der Waals surface area contributed by atoms with Gasteiger partial charge in [0.2, 0.25) is 5.91 Å². The van der Waals surface area contributed by atoms with E-state index >= 15 is 0 Å². The average Bonchev–Trinajstić information content (AvgIpc) is 2.84. The molecule has 0 unspecified atom stereocenters. The first-order valence-corrected chi connectivity index (χ1v) is 11.8. The van der Waals surface area contributed by atoms with Gasteiger partial charge >= 0.3 is 17.8 Å². The van der Waals surface area contributed by atoms with E-state index in [1.165, 1.54) is 19.1 Å². The van der Waals surface area contributed by atoms with E-state index in [4.69, 9.17) is 32.4 Å². The molecule has 38 heavy (non-hydrogen) atoms. The Morgan fingerprint density at radius 2 is 1.74 bits per heavy atom. The molecule has 0 aliphatic rings. The van der Waals surface area contributed by atoms with Gasteiger partial charge in [-0.15, -0.1) is 0 Å². The standard InChI is InChI=1S/C27H18Cl2F3NO5/c1-14(34)37-13-16-9-18-23(12-21(16)29)38-26(36)19(25(18)15-5-3-2-4-6-15)11-24(35)33-22-8-7-17(28)10-20(22)27(30,31)32/h2-10,12H,11,13H2,1H3,(H,33,35). The molecule has 0 aliphatic heterocycles. The fourth-order valence-corrected chi connectivity index (χ4v) is 4.29. The minimum absolute atomic E-state index is 0.0792. The molecule has 4 rings (SSSR count). The van der Waals surface area contributed by atoms with Gasteiger partial charge in [-0.1, -0.05) is 53.5 Å². The van der Waals surface area contributed by atoms with Crippen LogP contribution in [0.25, 0.3) is 22.1 Å². The normalized spacial score (nSPS) is 11.4. The second-order valence-electron chi connectivity index (χ2n) is 8.24. The lowest BCUT2D eigenvalue weighted by Gasteiger charge is -2.16. The van der Waals surface area contributed by atoms with Gasteiger partial charge in [-0.05, 0) is 29.8 Å². The van der Waals surface area contributed by atoms with Crippen molar-refractivity contribution in [2.75, 3.05) is 5.32 Å². The molecule has 0 saturated heterocycles. The van der Waals surface area contributed by atoms with Crippen molar-refractivity contribution in [3.8, 4) is 11.1 Å². The van der Waals surface area contributed by atoms with Crippen LogP contribution in [0.5, 0.6) is 0 Å². The van der Waals surface area contributed by atoms with Crippen molar-refractivity contribution in [2.45, 2.75) is 26.1 Å². The van der Waals surface area contributed by atoms with Crippen molar-refractivity contribution in [2.24, 2.45) is 0 Å². The predicted octanol–water partition coefficient (Wildman–Crippen LogP) is 7.03. The zero-order valence-corrected chi connectivity index (χ0v) is 21.1. The van der Waals surface area contributed by atoms with E-state index < -0.39 is 41.4 Å².